The van der Waals surface area contributed by atoms with Gasteiger partial charge in [-0.05, 0) is 79.0 Å². The maximum atomic E-state index is 12.5. The molecular weight excluding hydrogens is 547 g/mol. The molecule has 3 aromatic rings. The summed E-state index contributed by atoms with van der Waals surface area (Å²) in [4.78, 5) is 28.9. The van der Waals surface area contributed by atoms with Crippen molar-refractivity contribution in [1.29, 1.82) is 0 Å². The van der Waals surface area contributed by atoms with Crippen LogP contribution in [0.5, 0.6) is 11.5 Å². The third-order valence-electron chi connectivity index (χ3n) is 7.84. The lowest BCUT2D eigenvalue weighted by atomic mass is 9.75. The fourth-order valence-corrected chi connectivity index (χ4v) is 9.70. The minimum atomic E-state index is -3.81. The minimum Gasteiger partial charge on any atom is -0.493 e. The van der Waals surface area contributed by atoms with Crippen LogP contribution in [0.4, 0.5) is 5.69 Å². The zero-order valence-electron chi connectivity index (χ0n) is 20.5. The van der Waals surface area contributed by atoms with Crippen LogP contribution in [0.2, 0.25) is 0 Å². The maximum absolute atomic E-state index is 12.5. The number of fused-ring (bicyclic) bond motifs is 6. The van der Waals surface area contributed by atoms with Crippen molar-refractivity contribution in [3.8, 4) is 11.5 Å². The summed E-state index contributed by atoms with van der Waals surface area (Å²) in [5.74, 6) is 2.53. The minimum absolute atomic E-state index is 0.0166. The predicted molar refractivity (Wildman–Crippen MR) is 146 cm³/mol. The molecule has 0 radical (unpaired) electrons. The molecule has 0 spiro atoms. The number of H-pyrrole nitrogens is 1. The number of methoxy groups -OCH3 is 1. The number of nitrogens with two attached hydrogens (primary N) is 1. The molecule has 2 saturated carbocycles. The number of nitrogens with one attached hydrogen (secondary N) is 2. The summed E-state index contributed by atoms with van der Waals surface area (Å²) >= 11 is 3.16. The molecule has 2 heterocycles. The smallest absolute Gasteiger partial charge is 0.305 e. The van der Waals surface area contributed by atoms with E-state index in [1.165, 1.54) is 54.9 Å². The average molecular weight is 574 g/mol. The Labute approximate surface area is 228 Å². The summed E-state index contributed by atoms with van der Waals surface area (Å²) in [6.45, 7) is -0.259. The number of amides is 1. The Morgan fingerprint density at radius 2 is 1.89 bits per heavy atom. The summed E-state index contributed by atoms with van der Waals surface area (Å²) in [6.07, 6.45) is 3.77. The standard InChI is InChI=1S/C26H27N3O6S3/c1-34-19-11-14(22-21-13-2-3-15(10-13)23(21)36-25-24(22)37-26(31)29-25)4-9-18(19)35-12-20(30)28-16-5-7-17(8-6-16)38(27,32)33/h4-9,11,13,15,21-23H,2-3,10,12H2,1H3,(H,28,30)(H,29,31)(H2,27,32,33)/t13?,15?,21?,22-,23?/m1/s1. The van der Waals surface area contributed by atoms with Crippen molar-refractivity contribution in [3.63, 3.8) is 0 Å². The van der Waals surface area contributed by atoms with E-state index in [1.807, 2.05) is 30.0 Å². The van der Waals surface area contributed by atoms with Crippen molar-refractivity contribution in [2.45, 2.75) is 40.4 Å². The Kier molecular flexibility index (Phi) is 6.53. The number of hydrogen-bond acceptors (Lipinski definition) is 8. The topological polar surface area (TPSA) is 141 Å². The third-order valence-corrected chi connectivity index (χ3v) is 11.4. The van der Waals surface area contributed by atoms with Crippen LogP contribution in [0.1, 0.15) is 35.6 Å². The van der Waals surface area contributed by atoms with Crippen molar-refractivity contribution >= 4 is 44.7 Å². The Hall–Kier alpha value is -2.80. The van der Waals surface area contributed by atoms with Gasteiger partial charge in [0.05, 0.1) is 17.0 Å². The van der Waals surface area contributed by atoms with Gasteiger partial charge in [-0.15, -0.1) is 11.8 Å². The van der Waals surface area contributed by atoms with Crippen LogP contribution < -0.4 is 24.8 Å². The van der Waals surface area contributed by atoms with Crippen LogP contribution in [0.3, 0.4) is 0 Å². The molecule has 38 heavy (non-hydrogen) atoms. The molecule has 0 saturated heterocycles. The summed E-state index contributed by atoms with van der Waals surface area (Å²) in [6, 6.07) is 11.4. The van der Waals surface area contributed by atoms with Crippen LogP contribution in [0.25, 0.3) is 0 Å². The number of thiazole rings is 1. The summed E-state index contributed by atoms with van der Waals surface area (Å²) in [7, 11) is -2.24. The largest absolute Gasteiger partial charge is 0.493 e. The number of sulfonamides is 1. The molecule has 4 N–H and O–H groups in total. The van der Waals surface area contributed by atoms with E-state index in [4.69, 9.17) is 14.6 Å². The molecule has 2 fully saturated rings. The Bertz CT molecular complexity index is 1550. The molecule has 3 aliphatic rings. The van der Waals surface area contributed by atoms with Gasteiger partial charge < -0.3 is 19.8 Å². The van der Waals surface area contributed by atoms with Gasteiger partial charge in [0.1, 0.15) is 0 Å². The Morgan fingerprint density at radius 1 is 1.13 bits per heavy atom. The van der Waals surface area contributed by atoms with Crippen LogP contribution >= 0.6 is 23.1 Å². The van der Waals surface area contributed by atoms with Gasteiger partial charge >= 0.3 is 4.87 Å². The zero-order valence-corrected chi connectivity index (χ0v) is 23.0. The number of carbonyl (C=O) groups is 1. The van der Waals surface area contributed by atoms with E-state index in [-0.39, 0.29) is 22.3 Å². The van der Waals surface area contributed by atoms with Gasteiger partial charge in [0.2, 0.25) is 10.0 Å². The van der Waals surface area contributed by atoms with Gasteiger partial charge in [-0.2, -0.15) is 0 Å². The second kappa shape index (κ2) is 9.74. The lowest BCUT2D eigenvalue weighted by molar-refractivity contribution is -0.118. The number of thioether (sulfide) groups is 1. The lowest BCUT2D eigenvalue weighted by Gasteiger charge is -2.40. The molecule has 1 amide bonds. The van der Waals surface area contributed by atoms with E-state index >= 15 is 0 Å². The van der Waals surface area contributed by atoms with Gasteiger partial charge in [-0.1, -0.05) is 17.4 Å². The van der Waals surface area contributed by atoms with E-state index in [0.717, 1.165) is 15.5 Å². The molecule has 200 valence electrons. The normalized spacial score (nSPS) is 25.5. The quantitative estimate of drug-likeness (QED) is 0.391. The van der Waals surface area contributed by atoms with Crippen molar-refractivity contribution < 1.29 is 22.7 Å². The van der Waals surface area contributed by atoms with E-state index in [0.29, 0.717) is 40.2 Å². The number of ether oxygens (including phenoxy) is 2. The molecule has 6 rings (SSSR count). The van der Waals surface area contributed by atoms with E-state index in [2.05, 4.69) is 10.3 Å². The molecular formula is C26H27N3O6S3. The van der Waals surface area contributed by atoms with Crippen LogP contribution in [-0.4, -0.2) is 38.3 Å². The molecule has 1 aliphatic heterocycles. The maximum Gasteiger partial charge on any atom is 0.305 e. The third kappa shape index (κ3) is 4.63. The SMILES string of the molecule is COc1cc([C@H]2c3sc(=O)[nH]c3SC3C4CCC(C4)C32)ccc1OCC(=O)Nc1ccc(S(N)(=O)=O)cc1. The Balaban J connectivity index is 1.19. The van der Waals surface area contributed by atoms with E-state index in [1.54, 1.807) is 7.11 Å². The van der Waals surface area contributed by atoms with Crippen molar-refractivity contribution in [2.24, 2.45) is 22.9 Å². The van der Waals surface area contributed by atoms with Gasteiger partial charge in [0.25, 0.3) is 5.91 Å². The van der Waals surface area contributed by atoms with Crippen molar-refractivity contribution in [2.75, 3.05) is 19.0 Å². The first kappa shape index (κ1) is 25.5. The first-order chi connectivity index (χ1) is 18.2. The van der Waals surface area contributed by atoms with Crippen LogP contribution in [0, 0.1) is 17.8 Å². The molecule has 2 aromatic carbocycles. The fourth-order valence-electron chi connectivity index (χ4n) is 6.29. The van der Waals surface area contributed by atoms with Gasteiger partial charge in [-0.3, -0.25) is 9.59 Å². The van der Waals surface area contributed by atoms with E-state index in [9.17, 15) is 18.0 Å². The van der Waals surface area contributed by atoms with Gasteiger partial charge in [-0.25, -0.2) is 13.6 Å². The lowest BCUT2D eigenvalue weighted by Crippen LogP contribution is -2.33. The number of aromatic amines is 1. The summed E-state index contributed by atoms with van der Waals surface area (Å²) < 4.78 is 34.2. The molecule has 4 unspecified atom stereocenters. The second-order valence-corrected chi connectivity index (χ2v) is 13.8. The highest BCUT2D eigenvalue weighted by Gasteiger charge is 2.54. The number of rotatable bonds is 7. The number of benzene rings is 2. The fraction of sp³-hybridized carbons (Fsp3) is 0.385. The molecule has 2 bridgehead atoms. The first-order valence-corrected chi connectivity index (χ1v) is 15.6. The first-order valence-electron chi connectivity index (χ1n) is 12.3. The van der Waals surface area contributed by atoms with Crippen LogP contribution in [0.15, 0.2) is 57.2 Å². The Morgan fingerprint density at radius 3 is 2.63 bits per heavy atom. The molecule has 12 heteroatoms. The predicted octanol–water partition coefficient (Wildman–Crippen LogP) is 3.76. The monoisotopic (exact) mass is 573 g/mol. The number of carbonyl (C=O) groups excluding carboxylic acids is 1. The second-order valence-electron chi connectivity index (χ2n) is 10.00. The van der Waals surface area contributed by atoms with Crippen molar-refractivity contribution in [3.05, 3.63) is 62.6 Å². The highest BCUT2D eigenvalue weighted by Crippen LogP contribution is 2.63. The zero-order chi connectivity index (χ0) is 26.6. The molecule has 5 atom stereocenters. The van der Waals surface area contributed by atoms with Crippen molar-refractivity contribution in [1.82, 2.24) is 4.98 Å². The molecule has 2 aliphatic carbocycles. The highest BCUT2D eigenvalue weighted by molar-refractivity contribution is 8.00. The summed E-state index contributed by atoms with van der Waals surface area (Å²) in [5.41, 5.74) is 1.51. The molecule has 9 nitrogen and oxygen atoms in total. The van der Waals surface area contributed by atoms with Gasteiger partial charge in [0, 0.05) is 21.7 Å². The molecule has 1 aromatic heterocycles. The van der Waals surface area contributed by atoms with Crippen LogP contribution in [-0.2, 0) is 14.8 Å². The van der Waals surface area contributed by atoms with E-state index < -0.39 is 15.9 Å². The number of primary sulfonamides is 1. The number of aromatic nitrogens is 1. The highest BCUT2D eigenvalue weighted by atomic mass is 32.2. The number of anilines is 1. The average Bonchev–Trinajstić information content (AvgIpc) is 3.60. The summed E-state index contributed by atoms with van der Waals surface area (Å²) in [5, 5.41) is 9.30. The van der Waals surface area contributed by atoms with Gasteiger partial charge in [0.15, 0.2) is 18.1 Å². The number of hydrogen-bond donors (Lipinski definition) is 3.